The summed E-state index contributed by atoms with van der Waals surface area (Å²) in [6, 6.07) is 11.2. The number of nitrogens with two attached hydrogens (primary N) is 1. The number of carbonyl (C=O) groups is 1. The summed E-state index contributed by atoms with van der Waals surface area (Å²) in [5, 5.41) is 2.64. The number of aromatic nitrogens is 1. The summed E-state index contributed by atoms with van der Waals surface area (Å²) in [5.41, 5.74) is 7.83. The van der Waals surface area contributed by atoms with Crippen LogP contribution in [0.5, 0.6) is 5.88 Å². The van der Waals surface area contributed by atoms with E-state index in [0.29, 0.717) is 30.1 Å². The van der Waals surface area contributed by atoms with Crippen LogP contribution in [0.3, 0.4) is 0 Å². The van der Waals surface area contributed by atoms with E-state index in [0.717, 1.165) is 5.56 Å². The lowest BCUT2D eigenvalue weighted by Gasteiger charge is -2.05. The maximum absolute atomic E-state index is 11.5. The maximum atomic E-state index is 11.5. The number of nitrogens with one attached hydrogen (secondary N) is 1. The number of methoxy groups -OCH3 is 1. The summed E-state index contributed by atoms with van der Waals surface area (Å²) in [6.45, 7) is 0.648. The number of ether oxygens (including phenoxy) is 2. The van der Waals surface area contributed by atoms with Crippen LogP contribution in [0.15, 0.2) is 42.6 Å². The van der Waals surface area contributed by atoms with E-state index < -0.39 is 6.09 Å². The Kier molecular flexibility index (Phi) is 6.47. The van der Waals surface area contributed by atoms with E-state index in [2.05, 4.69) is 22.1 Å². The average molecular weight is 325 g/mol. The third kappa shape index (κ3) is 5.54. The highest BCUT2D eigenvalue weighted by atomic mass is 16.5. The Morgan fingerprint density at radius 2 is 2.12 bits per heavy atom. The van der Waals surface area contributed by atoms with E-state index in [1.54, 1.807) is 12.3 Å². The molecule has 1 aromatic heterocycles. The van der Waals surface area contributed by atoms with Gasteiger partial charge in [-0.1, -0.05) is 42.2 Å². The Morgan fingerprint density at radius 3 is 2.83 bits per heavy atom. The smallest absolute Gasteiger partial charge is 0.407 e. The molecule has 0 saturated heterocycles. The quantitative estimate of drug-likeness (QED) is 0.651. The van der Waals surface area contributed by atoms with Gasteiger partial charge in [0.15, 0.2) is 0 Å². The van der Waals surface area contributed by atoms with Crippen molar-refractivity contribution in [1.29, 1.82) is 0 Å². The summed E-state index contributed by atoms with van der Waals surface area (Å²) in [7, 11) is 1.51. The number of hydrogen-bond acceptors (Lipinski definition) is 5. The van der Waals surface area contributed by atoms with Gasteiger partial charge >= 0.3 is 6.09 Å². The first-order chi connectivity index (χ1) is 11.7. The van der Waals surface area contributed by atoms with Crippen molar-refractivity contribution in [1.82, 2.24) is 10.3 Å². The normalized spacial score (nSPS) is 9.54. The second-order valence-electron chi connectivity index (χ2n) is 4.86. The molecular formula is C18H19N3O3. The molecule has 24 heavy (non-hydrogen) atoms. The Morgan fingerprint density at radius 1 is 1.33 bits per heavy atom. The number of nitrogens with zero attached hydrogens (tertiary/aromatic N) is 1. The van der Waals surface area contributed by atoms with Crippen LogP contribution in [0.25, 0.3) is 0 Å². The van der Waals surface area contributed by atoms with Gasteiger partial charge in [-0.05, 0) is 11.6 Å². The minimum atomic E-state index is -0.462. The summed E-state index contributed by atoms with van der Waals surface area (Å²) in [4.78, 5) is 15.6. The molecule has 6 heteroatoms. The Bertz CT molecular complexity index is 736. The van der Waals surface area contributed by atoms with Gasteiger partial charge in [0.1, 0.15) is 6.61 Å². The zero-order chi connectivity index (χ0) is 17.2. The number of rotatable bonds is 5. The fourth-order valence-electron chi connectivity index (χ4n) is 1.87. The zero-order valence-electron chi connectivity index (χ0n) is 13.4. The van der Waals surface area contributed by atoms with Gasteiger partial charge in [0.2, 0.25) is 5.88 Å². The molecule has 0 aliphatic carbocycles. The fraction of sp³-hybridized carbons (Fsp3) is 0.222. The largest absolute Gasteiger partial charge is 0.480 e. The topological polar surface area (TPSA) is 86.5 Å². The van der Waals surface area contributed by atoms with Crippen LogP contribution in [0.4, 0.5) is 10.5 Å². The van der Waals surface area contributed by atoms with Crippen molar-refractivity contribution >= 4 is 11.8 Å². The standard InChI is InChI=1S/C18H19N3O3/c1-23-17-16(19)11-15(12-21-17)9-5-6-10-20-18(22)24-13-14-7-3-2-4-8-14/h2-4,7-8,11-12H,6,10,13,19H2,1H3,(H,20,22). The van der Waals surface area contributed by atoms with Crippen molar-refractivity contribution in [3.05, 3.63) is 53.7 Å². The number of carbonyl (C=O) groups excluding carboxylic acids is 1. The highest BCUT2D eigenvalue weighted by Gasteiger charge is 2.01. The van der Waals surface area contributed by atoms with E-state index in [4.69, 9.17) is 15.2 Å². The number of pyridine rings is 1. The van der Waals surface area contributed by atoms with Crippen molar-refractivity contribution in [2.24, 2.45) is 0 Å². The third-order valence-electron chi connectivity index (χ3n) is 3.04. The third-order valence-corrected chi connectivity index (χ3v) is 3.04. The second kappa shape index (κ2) is 9.06. The first-order valence-electron chi connectivity index (χ1n) is 7.42. The molecule has 1 amide bonds. The summed E-state index contributed by atoms with van der Waals surface area (Å²) < 4.78 is 10.1. The molecule has 124 valence electrons. The molecule has 0 aliphatic rings. The number of anilines is 1. The van der Waals surface area contributed by atoms with Gasteiger partial charge < -0.3 is 20.5 Å². The van der Waals surface area contributed by atoms with Crippen molar-refractivity contribution in [3.8, 4) is 17.7 Å². The second-order valence-corrected chi connectivity index (χ2v) is 4.86. The van der Waals surface area contributed by atoms with E-state index in [1.165, 1.54) is 7.11 Å². The summed E-state index contributed by atoms with van der Waals surface area (Å²) in [6.07, 6.45) is 1.62. The molecule has 0 unspecified atom stereocenters. The number of hydrogen-bond donors (Lipinski definition) is 2. The van der Waals surface area contributed by atoms with Crippen LogP contribution in [-0.2, 0) is 11.3 Å². The molecule has 1 heterocycles. The predicted molar refractivity (Wildman–Crippen MR) is 91.3 cm³/mol. The average Bonchev–Trinajstić information content (AvgIpc) is 2.61. The van der Waals surface area contributed by atoms with Crippen LogP contribution in [0, 0.1) is 11.8 Å². The molecule has 6 nitrogen and oxygen atoms in total. The number of benzene rings is 1. The lowest BCUT2D eigenvalue weighted by molar-refractivity contribution is 0.140. The van der Waals surface area contributed by atoms with E-state index in [-0.39, 0.29) is 6.61 Å². The van der Waals surface area contributed by atoms with Gasteiger partial charge in [-0.25, -0.2) is 9.78 Å². The van der Waals surface area contributed by atoms with E-state index >= 15 is 0 Å². The molecule has 0 bridgehead atoms. The molecule has 0 fully saturated rings. The Labute approximate surface area is 141 Å². The van der Waals surface area contributed by atoms with Gasteiger partial charge in [-0.3, -0.25) is 0 Å². The molecule has 0 atom stereocenters. The van der Waals surface area contributed by atoms with Gasteiger partial charge in [-0.2, -0.15) is 0 Å². The van der Waals surface area contributed by atoms with Gasteiger partial charge in [0.05, 0.1) is 12.8 Å². The number of amides is 1. The summed E-state index contributed by atoms with van der Waals surface area (Å²) in [5.74, 6) is 6.25. The zero-order valence-corrected chi connectivity index (χ0v) is 13.4. The monoisotopic (exact) mass is 325 g/mol. The van der Waals surface area contributed by atoms with Crippen molar-refractivity contribution in [2.75, 3.05) is 19.4 Å². The van der Waals surface area contributed by atoms with Gasteiger partial charge in [-0.15, -0.1) is 0 Å². The maximum Gasteiger partial charge on any atom is 0.407 e. The summed E-state index contributed by atoms with van der Waals surface area (Å²) >= 11 is 0. The number of nitrogen functional groups attached to an aromatic ring is 1. The fourth-order valence-corrected chi connectivity index (χ4v) is 1.87. The Balaban J connectivity index is 1.69. The highest BCUT2D eigenvalue weighted by molar-refractivity contribution is 5.67. The van der Waals surface area contributed by atoms with Crippen LogP contribution in [0.2, 0.25) is 0 Å². The first kappa shape index (κ1) is 17.2. The Hall–Kier alpha value is -3.20. The van der Waals surface area contributed by atoms with Gasteiger partial charge in [0.25, 0.3) is 0 Å². The molecule has 3 N–H and O–H groups in total. The SMILES string of the molecule is COc1ncc(C#CCCNC(=O)OCc2ccccc2)cc1N. The molecule has 0 radical (unpaired) electrons. The molecule has 2 rings (SSSR count). The molecule has 2 aromatic rings. The van der Waals surface area contributed by atoms with Crippen LogP contribution in [0.1, 0.15) is 17.5 Å². The predicted octanol–water partition coefficient (Wildman–Crippen LogP) is 2.34. The van der Waals surface area contributed by atoms with Crippen molar-refractivity contribution in [2.45, 2.75) is 13.0 Å². The minimum absolute atomic E-state index is 0.245. The minimum Gasteiger partial charge on any atom is -0.480 e. The molecular weight excluding hydrogens is 306 g/mol. The van der Waals surface area contributed by atoms with E-state index in [9.17, 15) is 4.79 Å². The van der Waals surface area contributed by atoms with Crippen LogP contribution >= 0.6 is 0 Å². The lowest BCUT2D eigenvalue weighted by atomic mass is 10.2. The molecule has 0 aliphatic heterocycles. The van der Waals surface area contributed by atoms with Crippen molar-refractivity contribution < 1.29 is 14.3 Å². The molecule has 0 saturated carbocycles. The van der Waals surface area contributed by atoms with Gasteiger partial charge in [0, 0.05) is 24.7 Å². The molecule has 0 spiro atoms. The first-order valence-corrected chi connectivity index (χ1v) is 7.42. The highest BCUT2D eigenvalue weighted by Crippen LogP contribution is 2.17. The molecule has 1 aromatic carbocycles. The van der Waals surface area contributed by atoms with Crippen LogP contribution in [-0.4, -0.2) is 24.7 Å². The van der Waals surface area contributed by atoms with Crippen LogP contribution < -0.4 is 15.8 Å². The van der Waals surface area contributed by atoms with E-state index in [1.807, 2.05) is 30.3 Å². The van der Waals surface area contributed by atoms with Crippen molar-refractivity contribution in [3.63, 3.8) is 0 Å². The lowest BCUT2D eigenvalue weighted by Crippen LogP contribution is -2.24. The number of alkyl carbamates (subject to hydrolysis) is 1.